The minimum absolute atomic E-state index is 0.0759. The van der Waals surface area contributed by atoms with Crippen molar-refractivity contribution in [3.63, 3.8) is 0 Å². The number of carboxylic acids is 1. The van der Waals surface area contributed by atoms with Crippen molar-refractivity contribution in [2.75, 3.05) is 0 Å². The molecule has 0 aliphatic carbocycles. The van der Waals surface area contributed by atoms with Crippen LogP contribution in [0.2, 0.25) is 10.2 Å². The zero-order valence-corrected chi connectivity index (χ0v) is 10.7. The lowest BCUT2D eigenvalue weighted by atomic mass is 10.2. The van der Waals surface area contributed by atoms with E-state index in [1.165, 1.54) is 18.3 Å². The molecule has 0 aliphatic rings. The third kappa shape index (κ3) is 3.72. The monoisotopic (exact) mass is 288 g/mol. The fourth-order valence-corrected chi connectivity index (χ4v) is 1.56. The molecule has 0 fully saturated rings. The van der Waals surface area contributed by atoms with Gasteiger partial charge in [0.2, 0.25) is 0 Å². The molecule has 0 saturated carbocycles. The molecule has 96 valence electrons. The molecule has 1 aromatic rings. The number of aliphatic carboxylic acids is 1. The molecule has 1 atom stereocenters. The Kier molecular flexibility index (Phi) is 5.12. The van der Waals surface area contributed by atoms with E-state index in [-0.39, 0.29) is 22.2 Å². The van der Waals surface area contributed by atoms with Crippen molar-refractivity contribution in [3.05, 3.63) is 40.7 Å². The molecule has 0 radical (unpaired) electrons. The predicted molar refractivity (Wildman–Crippen MR) is 68.0 cm³/mol. The van der Waals surface area contributed by atoms with Crippen LogP contribution in [0.4, 0.5) is 0 Å². The van der Waals surface area contributed by atoms with Crippen molar-refractivity contribution in [1.29, 1.82) is 0 Å². The van der Waals surface area contributed by atoms with Gasteiger partial charge < -0.3 is 10.4 Å². The minimum Gasteiger partial charge on any atom is -0.480 e. The maximum Gasteiger partial charge on any atom is 0.326 e. The number of carboxylic acid groups (broad SMARTS) is 1. The number of nitrogens with one attached hydrogen (secondary N) is 1. The van der Waals surface area contributed by atoms with Gasteiger partial charge >= 0.3 is 5.97 Å². The molecule has 1 amide bonds. The number of pyridine rings is 1. The fraction of sp³-hybridized carbons (Fsp3) is 0.182. The average molecular weight is 289 g/mol. The predicted octanol–water partition coefficient (Wildman–Crippen LogP) is 2.15. The molecule has 0 spiro atoms. The lowest BCUT2D eigenvalue weighted by Gasteiger charge is -2.13. The van der Waals surface area contributed by atoms with Gasteiger partial charge in [-0.25, -0.2) is 9.78 Å². The van der Waals surface area contributed by atoms with Gasteiger partial charge in [-0.2, -0.15) is 0 Å². The molecule has 0 aliphatic heterocycles. The van der Waals surface area contributed by atoms with Gasteiger partial charge in [-0.05, 0) is 12.5 Å². The Labute approximate surface area is 113 Å². The van der Waals surface area contributed by atoms with Gasteiger partial charge in [-0.15, -0.1) is 6.58 Å². The molecular weight excluding hydrogens is 279 g/mol. The minimum atomic E-state index is -1.15. The molecule has 1 rings (SSSR count). The standard InChI is InChI=1S/C11H10Cl2N2O3/c1-2-3-8(11(17)18)15-10(16)6-4-9(13)14-5-7(6)12/h2,4-5,8H,1,3H2,(H,15,16)(H,17,18). The zero-order chi connectivity index (χ0) is 13.7. The number of aromatic nitrogens is 1. The summed E-state index contributed by atoms with van der Waals surface area (Å²) in [5.41, 5.74) is 0.0759. The first-order valence-corrected chi connectivity index (χ1v) is 5.67. The number of carbonyl (C=O) groups excluding carboxylic acids is 1. The Bertz CT molecular complexity index is 491. The van der Waals surface area contributed by atoms with Gasteiger partial charge in [0, 0.05) is 6.20 Å². The van der Waals surface area contributed by atoms with Crippen molar-refractivity contribution in [2.24, 2.45) is 0 Å². The molecule has 1 unspecified atom stereocenters. The van der Waals surface area contributed by atoms with E-state index in [1.807, 2.05) is 0 Å². The summed E-state index contributed by atoms with van der Waals surface area (Å²) in [6.07, 6.45) is 2.74. The number of nitrogens with zero attached hydrogens (tertiary/aromatic N) is 1. The molecule has 5 nitrogen and oxygen atoms in total. The second kappa shape index (κ2) is 6.37. The Morgan fingerprint density at radius 3 is 2.78 bits per heavy atom. The lowest BCUT2D eigenvalue weighted by Crippen LogP contribution is -2.40. The summed E-state index contributed by atoms with van der Waals surface area (Å²) in [6.45, 7) is 3.42. The van der Waals surface area contributed by atoms with E-state index in [2.05, 4.69) is 16.9 Å². The van der Waals surface area contributed by atoms with E-state index in [9.17, 15) is 9.59 Å². The largest absolute Gasteiger partial charge is 0.480 e. The van der Waals surface area contributed by atoms with Crippen LogP contribution in [0.15, 0.2) is 24.9 Å². The maximum absolute atomic E-state index is 11.8. The van der Waals surface area contributed by atoms with Crippen molar-refractivity contribution >= 4 is 35.1 Å². The summed E-state index contributed by atoms with van der Waals surface area (Å²) in [5, 5.41) is 11.4. The first-order valence-electron chi connectivity index (χ1n) is 4.91. The molecule has 2 N–H and O–H groups in total. The molecule has 0 aromatic carbocycles. The maximum atomic E-state index is 11.8. The highest BCUT2D eigenvalue weighted by Gasteiger charge is 2.20. The van der Waals surface area contributed by atoms with E-state index in [4.69, 9.17) is 28.3 Å². The third-order valence-electron chi connectivity index (χ3n) is 2.07. The van der Waals surface area contributed by atoms with E-state index in [0.717, 1.165) is 0 Å². The van der Waals surface area contributed by atoms with Crippen LogP contribution in [0.1, 0.15) is 16.8 Å². The van der Waals surface area contributed by atoms with Crippen molar-refractivity contribution in [1.82, 2.24) is 10.3 Å². The Hall–Kier alpha value is -1.59. The highest BCUT2D eigenvalue weighted by molar-refractivity contribution is 6.35. The Morgan fingerprint density at radius 1 is 1.56 bits per heavy atom. The highest BCUT2D eigenvalue weighted by Crippen LogP contribution is 2.18. The van der Waals surface area contributed by atoms with Gasteiger partial charge in [0.1, 0.15) is 11.2 Å². The van der Waals surface area contributed by atoms with Gasteiger partial charge in [0.25, 0.3) is 5.91 Å². The molecular formula is C11H10Cl2N2O3. The normalized spacial score (nSPS) is 11.7. The number of amides is 1. The smallest absolute Gasteiger partial charge is 0.326 e. The molecule has 7 heteroatoms. The summed E-state index contributed by atoms with van der Waals surface area (Å²) in [5.74, 6) is -1.78. The fourth-order valence-electron chi connectivity index (χ4n) is 1.21. The van der Waals surface area contributed by atoms with Crippen molar-refractivity contribution < 1.29 is 14.7 Å². The number of halogens is 2. The molecule has 18 heavy (non-hydrogen) atoms. The molecule has 1 heterocycles. The van der Waals surface area contributed by atoms with E-state index in [0.29, 0.717) is 0 Å². The summed E-state index contributed by atoms with van der Waals surface area (Å²) in [7, 11) is 0. The van der Waals surface area contributed by atoms with E-state index >= 15 is 0 Å². The second-order valence-electron chi connectivity index (χ2n) is 3.38. The van der Waals surface area contributed by atoms with Crippen molar-refractivity contribution in [2.45, 2.75) is 12.5 Å². The first-order chi connectivity index (χ1) is 8.45. The number of carbonyl (C=O) groups is 2. The van der Waals surface area contributed by atoms with Gasteiger partial charge in [0.05, 0.1) is 10.6 Å². The Morgan fingerprint density at radius 2 is 2.22 bits per heavy atom. The van der Waals surface area contributed by atoms with Gasteiger partial charge in [-0.1, -0.05) is 29.3 Å². The Balaban J connectivity index is 2.89. The van der Waals surface area contributed by atoms with Crippen LogP contribution in [0.25, 0.3) is 0 Å². The lowest BCUT2D eigenvalue weighted by molar-refractivity contribution is -0.139. The van der Waals surface area contributed by atoms with Crippen LogP contribution in [-0.2, 0) is 4.79 Å². The summed E-state index contributed by atoms with van der Waals surface area (Å²) in [6, 6.07) is 0.212. The summed E-state index contributed by atoms with van der Waals surface area (Å²) < 4.78 is 0. The zero-order valence-electron chi connectivity index (χ0n) is 9.19. The average Bonchev–Trinajstić information content (AvgIpc) is 2.31. The second-order valence-corrected chi connectivity index (χ2v) is 4.17. The van der Waals surface area contributed by atoms with Crippen LogP contribution in [0, 0.1) is 0 Å². The SMILES string of the molecule is C=CCC(NC(=O)c1cc(Cl)ncc1Cl)C(=O)O. The van der Waals surface area contributed by atoms with Crippen LogP contribution >= 0.6 is 23.2 Å². The molecule has 0 bridgehead atoms. The van der Waals surface area contributed by atoms with Gasteiger partial charge in [-0.3, -0.25) is 4.79 Å². The number of hydrogen-bond donors (Lipinski definition) is 2. The van der Waals surface area contributed by atoms with Crippen molar-refractivity contribution in [3.8, 4) is 0 Å². The third-order valence-corrected chi connectivity index (χ3v) is 2.58. The van der Waals surface area contributed by atoms with Gasteiger partial charge in [0.15, 0.2) is 0 Å². The first kappa shape index (κ1) is 14.5. The summed E-state index contributed by atoms with van der Waals surface area (Å²) in [4.78, 5) is 26.4. The number of rotatable bonds is 5. The van der Waals surface area contributed by atoms with E-state index < -0.39 is 17.9 Å². The number of hydrogen-bond acceptors (Lipinski definition) is 3. The topological polar surface area (TPSA) is 79.3 Å². The highest BCUT2D eigenvalue weighted by atomic mass is 35.5. The van der Waals surface area contributed by atoms with Crippen LogP contribution < -0.4 is 5.32 Å². The summed E-state index contributed by atoms with van der Waals surface area (Å²) >= 11 is 11.4. The van der Waals surface area contributed by atoms with Crippen LogP contribution in [0.5, 0.6) is 0 Å². The molecule has 0 saturated heterocycles. The molecule has 1 aromatic heterocycles. The van der Waals surface area contributed by atoms with Crippen LogP contribution in [-0.4, -0.2) is 28.0 Å². The van der Waals surface area contributed by atoms with E-state index in [1.54, 1.807) is 0 Å². The quantitative estimate of drug-likeness (QED) is 0.643. The van der Waals surface area contributed by atoms with Crippen LogP contribution in [0.3, 0.4) is 0 Å².